The Balaban J connectivity index is 1.80. The zero-order valence-corrected chi connectivity index (χ0v) is 18.9. The minimum atomic E-state index is -5.76. The second-order valence-corrected chi connectivity index (χ2v) is 10.8. The number of anilines is 1. The molecular weight excluding hydrogens is 533 g/mol. The van der Waals surface area contributed by atoms with Crippen LogP contribution in [0.5, 0.6) is 0 Å². The van der Waals surface area contributed by atoms with Crippen LogP contribution in [0.4, 0.5) is 11.8 Å². The molecule has 1 aliphatic heterocycles. The topological polar surface area (TPSA) is 328 Å². The molecule has 34 heavy (non-hydrogen) atoms. The van der Waals surface area contributed by atoms with Crippen LogP contribution in [0.1, 0.15) is 6.23 Å². The molecule has 1 fully saturated rings. The molecule has 6 atom stereocenters. The molecule has 0 radical (unpaired) electrons. The van der Waals surface area contributed by atoms with Gasteiger partial charge in [-0.15, -0.1) is 0 Å². The molecule has 0 spiro atoms. The second kappa shape index (κ2) is 9.54. The van der Waals surface area contributed by atoms with E-state index in [1.54, 1.807) is 0 Å². The molecule has 8 N–H and O–H groups in total. The third kappa shape index (κ3) is 5.95. The molecule has 1 aliphatic rings. The van der Waals surface area contributed by atoms with Gasteiger partial charge in [0.15, 0.2) is 23.2 Å². The third-order valence-electron chi connectivity index (χ3n) is 4.03. The standard InChI is InChI=1S/C10H15N8O13P3/c11-7-4-8(14-2-13-7)18(10(15-4)16-17-12)9-6(20)5(19)3(29-9)1-28-33(24,25)31-34(26,27)30-32(21,22)23/h2-3,5-6,9,19-20H,1H2,(H,24,25)(H,26,27)(H2,11,13,14)(H2,21,22,23)/t3-,5-,6-,9-/m1/s1. The monoisotopic (exact) mass is 548 g/mol. The van der Waals surface area contributed by atoms with Gasteiger partial charge in [-0.05, 0) is 10.6 Å². The van der Waals surface area contributed by atoms with E-state index in [1.165, 1.54) is 0 Å². The summed E-state index contributed by atoms with van der Waals surface area (Å²) >= 11 is 0. The number of ether oxygens (including phenoxy) is 1. The van der Waals surface area contributed by atoms with E-state index in [-0.39, 0.29) is 17.0 Å². The predicted octanol–water partition coefficient (Wildman–Crippen LogP) is -0.687. The summed E-state index contributed by atoms with van der Waals surface area (Å²) < 4.78 is 51.8. The number of aliphatic hydroxyl groups is 2. The van der Waals surface area contributed by atoms with Crippen molar-refractivity contribution in [2.24, 2.45) is 5.11 Å². The van der Waals surface area contributed by atoms with E-state index in [2.05, 4.69) is 38.1 Å². The number of fused-ring (bicyclic) bond motifs is 1. The molecule has 2 aromatic heterocycles. The van der Waals surface area contributed by atoms with Crippen molar-refractivity contribution in [3.8, 4) is 0 Å². The average molecular weight is 548 g/mol. The first-order chi connectivity index (χ1) is 15.6. The average Bonchev–Trinajstić information content (AvgIpc) is 3.16. The lowest BCUT2D eigenvalue weighted by Gasteiger charge is -2.19. The molecule has 0 aliphatic carbocycles. The number of imidazole rings is 1. The number of rotatable bonds is 9. The van der Waals surface area contributed by atoms with Gasteiger partial charge in [-0.25, -0.2) is 28.6 Å². The van der Waals surface area contributed by atoms with Crippen molar-refractivity contribution in [2.75, 3.05) is 12.3 Å². The summed E-state index contributed by atoms with van der Waals surface area (Å²) in [4.78, 5) is 49.9. The van der Waals surface area contributed by atoms with E-state index in [9.17, 15) is 28.8 Å². The van der Waals surface area contributed by atoms with Crippen LogP contribution in [0.25, 0.3) is 21.6 Å². The number of aliphatic hydroxyl groups excluding tert-OH is 2. The van der Waals surface area contributed by atoms with Crippen molar-refractivity contribution in [3.05, 3.63) is 16.8 Å². The summed E-state index contributed by atoms with van der Waals surface area (Å²) in [6.07, 6.45) is -5.71. The molecule has 21 nitrogen and oxygen atoms in total. The number of azide groups is 1. The molecule has 24 heteroatoms. The van der Waals surface area contributed by atoms with E-state index >= 15 is 0 Å². The van der Waals surface area contributed by atoms with Gasteiger partial charge in [0.05, 0.1) is 6.61 Å². The Morgan fingerprint density at radius 3 is 2.44 bits per heavy atom. The number of phosphoric ester groups is 1. The number of nitrogens with zero attached hydrogens (tertiary/aromatic N) is 7. The molecule has 2 unspecified atom stereocenters. The van der Waals surface area contributed by atoms with Gasteiger partial charge >= 0.3 is 23.5 Å². The lowest BCUT2D eigenvalue weighted by molar-refractivity contribution is -0.0495. The highest BCUT2D eigenvalue weighted by atomic mass is 31.3. The van der Waals surface area contributed by atoms with E-state index < -0.39 is 60.6 Å². The fourth-order valence-corrected chi connectivity index (χ4v) is 5.84. The van der Waals surface area contributed by atoms with Gasteiger partial charge in [0.25, 0.3) is 0 Å². The molecule has 3 heterocycles. The molecule has 188 valence electrons. The number of nitrogen functional groups attached to an aromatic ring is 1. The van der Waals surface area contributed by atoms with Crippen molar-refractivity contribution >= 4 is 46.4 Å². The first-order valence-corrected chi connectivity index (χ1v) is 13.0. The predicted molar refractivity (Wildman–Crippen MR) is 104 cm³/mol. The molecular formula is C10H15N8O13P3. The zero-order chi connectivity index (χ0) is 25.5. The molecule has 3 rings (SSSR count). The van der Waals surface area contributed by atoms with Gasteiger partial charge in [0, 0.05) is 4.91 Å². The Kier molecular flexibility index (Phi) is 7.45. The normalized spacial score (nSPS) is 26.6. The van der Waals surface area contributed by atoms with Crippen molar-refractivity contribution in [3.63, 3.8) is 0 Å². The Hall–Kier alpha value is -2.05. The maximum atomic E-state index is 11.9. The summed E-state index contributed by atoms with van der Waals surface area (Å²) in [5, 5.41) is 24.0. The van der Waals surface area contributed by atoms with Gasteiger partial charge in [-0.3, -0.25) is 9.09 Å². The molecule has 1 saturated heterocycles. The SMILES string of the molecule is [N-]=[N+]=Nc1nc2c(N)ncnc2n1[C@@H]1O[C@H](COP(=O)(O)OP(=O)(O)OP(=O)(O)O)[C@@H](O)[C@H]1O. The summed E-state index contributed by atoms with van der Waals surface area (Å²) in [7, 11) is -16.9. The Morgan fingerprint density at radius 2 is 1.82 bits per heavy atom. The number of aromatic nitrogens is 4. The highest BCUT2D eigenvalue weighted by molar-refractivity contribution is 7.66. The van der Waals surface area contributed by atoms with Gasteiger partial charge in [0.1, 0.15) is 24.6 Å². The van der Waals surface area contributed by atoms with E-state index in [0.717, 1.165) is 10.9 Å². The van der Waals surface area contributed by atoms with Crippen LogP contribution in [0.2, 0.25) is 0 Å². The van der Waals surface area contributed by atoms with Gasteiger partial charge < -0.3 is 40.3 Å². The molecule has 0 amide bonds. The minimum absolute atomic E-state index is 0.0353. The number of hydrogen-bond donors (Lipinski definition) is 7. The Bertz CT molecular complexity index is 1280. The first-order valence-electron chi connectivity index (χ1n) is 8.47. The van der Waals surface area contributed by atoms with E-state index in [0.29, 0.717) is 0 Å². The van der Waals surface area contributed by atoms with Crippen molar-refractivity contribution in [1.29, 1.82) is 0 Å². The fourth-order valence-electron chi connectivity index (χ4n) is 2.81. The van der Waals surface area contributed by atoms with Gasteiger partial charge in [-0.1, -0.05) is 0 Å². The maximum absolute atomic E-state index is 11.9. The molecule has 0 saturated carbocycles. The Labute approximate surface area is 186 Å². The van der Waals surface area contributed by atoms with Crippen LogP contribution in [-0.2, 0) is 31.6 Å². The lowest BCUT2D eigenvalue weighted by atomic mass is 10.1. The Morgan fingerprint density at radius 1 is 1.15 bits per heavy atom. The van der Waals surface area contributed by atoms with Crippen LogP contribution in [0, 0.1) is 0 Å². The van der Waals surface area contributed by atoms with Crippen LogP contribution in [0.15, 0.2) is 11.4 Å². The summed E-state index contributed by atoms with van der Waals surface area (Å²) in [6, 6.07) is 0. The molecule has 0 bridgehead atoms. The van der Waals surface area contributed by atoms with E-state index in [4.69, 9.17) is 30.7 Å². The molecule has 2 aromatic rings. The molecule has 0 aromatic carbocycles. The highest BCUT2D eigenvalue weighted by Gasteiger charge is 2.47. The third-order valence-corrected chi connectivity index (χ3v) is 7.83. The maximum Gasteiger partial charge on any atom is 0.490 e. The van der Waals surface area contributed by atoms with Crippen LogP contribution in [-0.4, -0.2) is 74.2 Å². The summed E-state index contributed by atoms with van der Waals surface area (Å²) in [5.41, 5.74) is 14.4. The van der Waals surface area contributed by atoms with Crippen LogP contribution < -0.4 is 5.73 Å². The van der Waals surface area contributed by atoms with Gasteiger partial charge in [0.2, 0.25) is 5.95 Å². The van der Waals surface area contributed by atoms with Crippen molar-refractivity contribution in [1.82, 2.24) is 19.5 Å². The fraction of sp³-hybridized carbons (Fsp3) is 0.500. The summed E-state index contributed by atoms with van der Waals surface area (Å²) in [5.74, 6) is -0.509. The van der Waals surface area contributed by atoms with Crippen LogP contribution in [0.3, 0.4) is 0 Å². The number of nitrogens with two attached hydrogens (primary N) is 1. The summed E-state index contributed by atoms with van der Waals surface area (Å²) in [6.45, 7) is -1.06. The zero-order valence-electron chi connectivity index (χ0n) is 16.2. The van der Waals surface area contributed by atoms with Crippen LogP contribution >= 0.6 is 23.5 Å². The highest BCUT2D eigenvalue weighted by Crippen LogP contribution is 2.66. The minimum Gasteiger partial charge on any atom is -0.387 e. The number of phosphoric acid groups is 3. The lowest BCUT2D eigenvalue weighted by Crippen LogP contribution is -2.33. The largest absolute Gasteiger partial charge is 0.490 e. The quantitative estimate of drug-likeness (QED) is 0.0882. The number of hydrogen-bond acceptors (Lipinski definition) is 14. The van der Waals surface area contributed by atoms with E-state index in [1.807, 2.05) is 0 Å². The smallest absolute Gasteiger partial charge is 0.387 e. The van der Waals surface area contributed by atoms with Gasteiger partial charge in [-0.2, -0.15) is 8.62 Å². The second-order valence-electron chi connectivity index (χ2n) is 6.34. The first kappa shape index (κ1) is 26.6. The van der Waals surface area contributed by atoms with Crippen molar-refractivity contribution in [2.45, 2.75) is 24.5 Å². The van der Waals surface area contributed by atoms with Crippen molar-refractivity contribution < 1.29 is 61.4 Å².